The van der Waals surface area contributed by atoms with Crippen LogP contribution in [-0.4, -0.2) is 111 Å². The summed E-state index contributed by atoms with van der Waals surface area (Å²) in [6.45, 7) is 9.50. The number of nitrogens with zero attached hydrogens (tertiary/aromatic N) is 8. The van der Waals surface area contributed by atoms with Gasteiger partial charge in [-0.05, 0) is 87.8 Å². The van der Waals surface area contributed by atoms with E-state index in [0.29, 0.717) is 45.4 Å². The van der Waals surface area contributed by atoms with Crippen LogP contribution in [0.1, 0.15) is 101 Å². The number of pyridine rings is 2. The molecular weight excluding hydrogens is 753 g/mol. The van der Waals surface area contributed by atoms with E-state index in [1.54, 1.807) is 29.8 Å². The fraction of sp³-hybridized carbons (Fsp3) is 0.465. The van der Waals surface area contributed by atoms with Gasteiger partial charge in [0.15, 0.2) is 5.78 Å². The third-order valence-electron chi connectivity index (χ3n) is 12.9. The third-order valence-corrected chi connectivity index (χ3v) is 12.9. The molecule has 3 saturated heterocycles. The van der Waals surface area contributed by atoms with Crippen molar-refractivity contribution in [1.29, 1.82) is 0 Å². The Labute approximate surface area is 341 Å². The Morgan fingerprint density at radius 1 is 0.814 bits per heavy atom. The van der Waals surface area contributed by atoms with Gasteiger partial charge < -0.3 is 15.1 Å². The highest BCUT2D eigenvalue weighted by atomic mass is 16.2. The number of benzene rings is 1. The molecule has 0 spiro atoms. The molecule has 4 amide bonds. The van der Waals surface area contributed by atoms with Gasteiger partial charge in [0.2, 0.25) is 17.8 Å². The van der Waals surface area contributed by atoms with Gasteiger partial charge >= 0.3 is 0 Å². The number of anilines is 4. The lowest BCUT2D eigenvalue weighted by atomic mass is 9.95. The maximum Gasteiger partial charge on any atom is 0.263 e. The fourth-order valence-corrected chi connectivity index (χ4v) is 9.65. The molecule has 2 N–H and O–H groups in total. The second-order valence-electron chi connectivity index (χ2n) is 16.5. The zero-order valence-corrected chi connectivity index (χ0v) is 33.4. The van der Waals surface area contributed by atoms with Crippen molar-refractivity contribution in [1.82, 2.24) is 34.6 Å². The summed E-state index contributed by atoms with van der Waals surface area (Å²) in [4.78, 5) is 98.7. The highest BCUT2D eigenvalue weighted by Crippen LogP contribution is 2.34. The van der Waals surface area contributed by atoms with E-state index < -0.39 is 29.7 Å². The van der Waals surface area contributed by atoms with E-state index in [2.05, 4.69) is 41.4 Å². The van der Waals surface area contributed by atoms with Crippen LogP contribution >= 0.6 is 0 Å². The lowest BCUT2D eigenvalue weighted by Gasteiger charge is -2.40. The number of ketones is 1. The molecule has 3 aromatic heterocycles. The molecular formula is C43H48N10O6. The Morgan fingerprint density at radius 3 is 2.22 bits per heavy atom. The fourth-order valence-electron chi connectivity index (χ4n) is 9.65. The molecule has 4 fully saturated rings. The number of rotatable bonds is 9. The molecule has 16 nitrogen and oxygen atoms in total. The monoisotopic (exact) mass is 800 g/mol. The first-order chi connectivity index (χ1) is 28.5. The van der Waals surface area contributed by atoms with Crippen molar-refractivity contribution in [2.24, 2.45) is 5.92 Å². The SMILES string of the molecule is CC(=O)c1c(C)c2cnc(Nc3ccc(N4CCC(CN5CCN(c6ccc7c(c6)C(=O)N(C6CCC(=O)NC6=O)C7=O)CC5)CC4)cn3)nc2n(C2CCCC2)c1=O. The number of amides is 4. The molecule has 1 aliphatic carbocycles. The van der Waals surface area contributed by atoms with E-state index in [-0.39, 0.29) is 35.8 Å². The summed E-state index contributed by atoms with van der Waals surface area (Å²) in [5.41, 5.74) is 3.63. The molecule has 4 aromatic rings. The van der Waals surface area contributed by atoms with Crippen molar-refractivity contribution >= 4 is 63.6 Å². The van der Waals surface area contributed by atoms with Crippen molar-refractivity contribution in [2.75, 3.05) is 60.9 Å². The average Bonchev–Trinajstić information content (AvgIpc) is 3.85. The van der Waals surface area contributed by atoms with Crippen LogP contribution in [0.25, 0.3) is 11.0 Å². The molecule has 1 atom stereocenters. The second-order valence-corrected chi connectivity index (χ2v) is 16.5. The number of hydrogen-bond donors (Lipinski definition) is 2. The van der Waals surface area contributed by atoms with E-state index in [9.17, 15) is 28.8 Å². The number of piperidine rings is 2. The van der Waals surface area contributed by atoms with Crippen molar-refractivity contribution < 1.29 is 24.0 Å². The highest BCUT2D eigenvalue weighted by molar-refractivity contribution is 6.23. The molecule has 1 unspecified atom stereocenters. The zero-order chi connectivity index (χ0) is 40.9. The smallest absolute Gasteiger partial charge is 0.263 e. The molecule has 0 bridgehead atoms. The molecule has 9 rings (SSSR count). The standard InChI is InChI=1S/C43H48N10O6/c1-25-33-23-45-43(48-38(33)52(28-5-3-4-6-28)42(59)37(25)26(2)54)46-35-11-8-30(22-44-35)50-15-13-27(14-16-50)24-49-17-19-51(20-18-49)29-7-9-31-32(21-29)41(58)53(40(31)57)34-10-12-36(55)47-39(34)56/h7-9,11,21-23,27-28,34H,3-6,10,12-20,24H2,1-2H3,(H,47,55,56)(H,44,45,46,48). The lowest BCUT2D eigenvalue weighted by molar-refractivity contribution is -0.136. The summed E-state index contributed by atoms with van der Waals surface area (Å²) in [5.74, 6) is -0.699. The quantitative estimate of drug-likeness (QED) is 0.183. The topological polar surface area (TPSA) is 183 Å². The van der Waals surface area contributed by atoms with Gasteiger partial charge in [0.05, 0.1) is 28.6 Å². The molecule has 306 valence electrons. The van der Waals surface area contributed by atoms with E-state index in [0.717, 1.165) is 101 Å². The number of aromatic nitrogens is 4. The minimum absolute atomic E-state index is 0.00685. The van der Waals surface area contributed by atoms with Crippen LogP contribution in [-0.2, 0) is 9.59 Å². The number of fused-ring (bicyclic) bond motifs is 2. The number of carbonyl (C=O) groups excluding carboxylic acids is 5. The normalized spacial score (nSPS) is 20.8. The summed E-state index contributed by atoms with van der Waals surface area (Å²) in [6.07, 6.45) is 9.77. The van der Waals surface area contributed by atoms with Gasteiger partial charge in [-0.15, -0.1) is 0 Å². The van der Waals surface area contributed by atoms with Gasteiger partial charge in [-0.1, -0.05) is 12.8 Å². The largest absolute Gasteiger partial charge is 0.370 e. The van der Waals surface area contributed by atoms with Gasteiger partial charge in [-0.25, -0.2) is 9.97 Å². The summed E-state index contributed by atoms with van der Waals surface area (Å²) in [5, 5.41) is 6.17. The predicted octanol–water partition coefficient (Wildman–Crippen LogP) is 4.00. The van der Waals surface area contributed by atoms with Crippen molar-refractivity contribution in [3.63, 3.8) is 0 Å². The minimum Gasteiger partial charge on any atom is -0.370 e. The van der Waals surface area contributed by atoms with Crippen LogP contribution in [0.3, 0.4) is 0 Å². The molecule has 16 heteroatoms. The van der Waals surface area contributed by atoms with Crippen molar-refractivity contribution in [3.05, 3.63) is 75.3 Å². The number of hydrogen-bond acceptors (Lipinski definition) is 13. The summed E-state index contributed by atoms with van der Waals surface area (Å²) >= 11 is 0. The van der Waals surface area contributed by atoms with Crippen molar-refractivity contribution in [3.8, 4) is 0 Å². The number of imide groups is 2. The summed E-state index contributed by atoms with van der Waals surface area (Å²) < 4.78 is 1.71. The number of nitrogens with one attached hydrogen (secondary N) is 2. The van der Waals surface area contributed by atoms with Crippen LogP contribution in [0.2, 0.25) is 0 Å². The molecule has 4 aliphatic heterocycles. The van der Waals surface area contributed by atoms with Crippen LogP contribution in [0.5, 0.6) is 0 Å². The predicted molar refractivity (Wildman–Crippen MR) is 220 cm³/mol. The van der Waals surface area contributed by atoms with Gasteiger partial charge in [0.25, 0.3) is 17.4 Å². The molecule has 1 aromatic carbocycles. The van der Waals surface area contributed by atoms with Gasteiger partial charge in [0.1, 0.15) is 17.5 Å². The molecule has 0 radical (unpaired) electrons. The molecule has 1 saturated carbocycles. The Morgan fingerprint density at radius 2 is 1.53 bits per heavy atom. The Bertz CT molecular complexity index is 2430. The Kier molecular flexibility index (Phi) is 10.2. The number of aryl methyl sites for hydroxylation is 1. The minimum atomic E-state index is -0.975. The number of carbonyl (C=O) groups is 5. The average molecular weight is 801 g/mol. The zero-order valence-electron chi connectivity index (χ0n) is 33.4. The first-order valence-corrected chi connectivity index (χ1v) is 20.8. The van der Waals surface area contributed by atoms with Gasteiger partial charge in [-0.2, -0.15) is 4.98 Å². The lowest BCUT2D eigenvalue weighted by Crippen LogP contribution is -2.54. The van der Waals surface area contributed by atoms with E-state index in [4.69, 9.17) is 4.98 Å². The van der Waals surface area contributed by atoms with Gasteiger partial charge in [0, 0.05) is 75.5 Å². The molecule has 59 heavy (non-hydrogen) atoms. The van der Waals surface area contributed by atoms with Crippen LogP contribution in [0.4, 0.5) is 23.1 Å². The van der Waals surface area contributed by atoms with E-state index in [1.165, 1.54) is 6.92 Å². The summed E-state index contributed by atoms with van der Waals surface area (Å²) in [6, 6.07) is 8.34. The maximum absolute atomic E-state index is 13.6. The third kappa shape index (κ3) is 7.23. The summed E-state index contributed by atoms with van der Waals surface area (Å²) in [7, 11) is 0. The van der Waals surface area contributed by atoms with Gasteiger partial charge in [-0.3, -0.25) is 48.5 Å². The second kappa shape index (κ2) is 15.6. The number of piperazine rings is 1. The van der Waals surface area contributed by atoms with Crippen molar-refractivity contribution in [2.45, 2.75) is 77.3 Å². The molecule has 7 heterocycles. The van der Waals surface area contributed by atoms with Crippen LogP contribution < -0.4 is 26.0 Å². The van der Waals surface area contributed by atoms with Crippen LogP contribution in [0, 0.1) is 12.8 Å². The maximum atomic E-state index is 13.6. The molecule has 5 aliphatic rings. The first-order valence-electron chi connectivity index (χ1n) is 20.8. The first kappa shape index (κ1) is 38.5. The van der Waals surface area contributed by atoms with Crippen LogP contribution in [0.15, 0.2) is 47.5 Å². The number of Topliss-reactive ketones (excluding diaryl/α,β-unsaturated/α-hetero) is 1. The highest BCUT2D eigenvalue weighted by Gasteiger charge is 2.45. The Balaban J connectivity index is 0.774. The van der Waals surface area contributed by atoms with E-state index in [1.807, 2.05) is 18.3 Å². The Hall–Kier alpha value is -6.03. The van der Waals surface area contributed by atoms with E-state index >= 15 is 0 Å².